The van der Waals surface area contributed by atoms with Crippen molar-refractivity contribution >= 4 is 29.9 Å². The van der Waals surface area contributed by atoms with Gasteiger partial charge in [0.2, 0.25) is 5.91 Å². The van der Waals surface area contributed by atoms with E-state index in [-0.39, 0.29) is 24.2 Å². The molecule has 1 saturated heterocycles. The minimum Gasteiger partial charge on any atom is -0.385 e. The van der Waals surface area contributed by atoms with Crippen molar-refractivity contribution in [3.63, 3.8) is 0 Å². The molecule has 0 spiro atoms. The predicted octanol–water partition coefficient (Wildman–Crippen LogP) is 1.82. The Morgan fingerprint density at radius 3 is 2.77 bits per heavy atom. The third-order valence-corrected chi connectivity index (χ3v) is 4.42. The van der Waals surface area contributed by atoms with Crippen LogP contribution in [0.2, 0.25) is 0 Å². The van der Waals surface area contributed by atoms with Crippen molar-refractivity contribution in [1.82, 2.24) is 10.2 Å². The second-order valence-electron chi connectivity index (χ2n) is 6.13. The highest BCUT2D eigenvalue weighted by molar-refractivity contribution is 6.01. The summed E-state index contributed by atoms with van der Waals surface area (Å²) in [6.07, 6.45) is 1.94. The molecule has 2 aliphatic rings. The minimum absolute atomic E-state index is 0. The fourth-order valence-electron chi connectivity index (χ4n) is 3.11. The van der Waals surface area contributed by atoms with E-state index < -0.39 is 5.54 Å². The van der Waals surface area contributed by atoms with E-state index in [9.17, 15) is 9.59 Å². The van der Waals surface area contributed by atoms with E-state index in [0.717, 1.165) is 36.2 Å². The average molecular weight is 324 g/mol. The highest BCUT2D eigenvalue weighted by atomic mass is 35.5. The van der Waals surface area contributed by atoms with Gasteiger partial charge < -0.3 is 15.5 Å². The molecule has 0 saturated carbocycles. The fourth-order valence-corrected chi connectivity index (χ4v) is 3.11. The lowest BCUT2D eigenvalue weighted by Gasteiger charge is -2.41. The highest BCUT2D eigenvalue weighted by Crippen LogP contribution is 2.28. The first-order valence-electron chi connectivity index (χ1n) is 7.48. The quantitative estimate of drug-likeness (QED) is 0.828. The number of fused-ring (bicyclic) bond motifs is 1. The van der Waals surface area contributed by atoms with Crippen molar-refractivity contribution in [3.8, 4) is 0 Å². The SMILES string of the molecule is CC1(C)C(=O)NCCN1C(=O)c1cccc2c1CCCN2.Cl. The number of piperazine rings is 1. The zero-order valence-corrected chi connectivity index (χ0v) is 13.8. The summed E-state index contributed by atoms with van der Waals surface area (Å²) in [4.78, 5) is 26.7. The van der Waals surface area contributed by atoms with Crippen LogP contribution in [-0.4, -0.2) is 41.9 Å². The number of carbonyl (C=O) groups is 2. The lowest BCUT2D eigenvalue weighted by Crippen LogP contribution is -2.63. The van der Waals surface area contributed by atoms with Crippen molar-refractivity contribution in [2.24, 2.45) is 0 Å². The normalized spacial score (nSPS) is 19.4. The van der Waals surface area contributed by atoms with Crippen LogP contribution in [0.15, 0.2) is 18.2 Å². The summed E-state index contributed by atoms with van der Waals surface area (Å²) in [5.41, 5.74) is 2.05. The molecular weight excluding hydrogens is 302 g/mol. The van der Waals surface area contributed by atoms with E-state index in [1.165, 1.54) is 0 Å². The van der Waals surface area contributed by atoms with Gasteiger partial charge in [0.15, 0.2) is 0 Å². The number of benzene rings is 1. The van der Waals surface area contributed by atoms with Gasteiger partial charge in [-0.1, -0.05) is 6.07 Å². The van der Waals surface area contributed by atoms with E-state index in [2.05, 4.69) is 10.6 Å². The van der Waals surface area contributed by atoms with Crippen molar-refractivity contribution in [1.29, 1.82) is 0 Å². The molecule has 2 heterocycles. The van der Waals surface area contributed by atoms with Crippen molar-refractivity contribution in [2.45, 2.75) is 32.2 Å². The van der Waals surface area contributed by atoms with Gasteiger partial charge in [0, 0.05) is 30.9 Å². The molecule has 2 amide bonds. The molecule has 3 rings (SSSR count). The molecule has 0 atom stereocenters. The highest BCUT2D eigenvalue weighted by Gasteiger charge is 2.41. The molecule has 6 heteroatoms. The van der Waals surface area contributed by atoms with E-state index in [0.29, 0.717) is 13.1 Å². The van der Waals surface area contributed by atoms with Crippen molar-refractivity contribution in [3.05, 3.63) is 29.3 Å². The van der Waals surface area contributed by atoms with Crippen LogP contribution in [0, 0.1) is 0 Å². The Balaban J connectivity index is 0.00000176. The van der Waals surface area contributed by atoms with E-state index >= 15 is 0 Å². The standard InChI is InChI=1S/C16H21N3O2.ClH/c1-16(2)15(21)18-9-10-19(16)14(20)12-5-3-7-13-11(12)6-4-8-17-13;/h3,5,7,17H,4,6,8-10H2,1-2H3,(H,18,21);1H. The van der Waals surface area contributed by atoms with Gasteiger partial charge in [0.05, 0.1) is 0 Å². The number of amides is 2. The molecule has 0 aromatic heterocycles. The molecule has 0 aliphatic carbocycles. The van der Waals surface area contributed by atoms with Crippen LogP contribution in [0.5, 0.6) is 0 Å². The number of hydrogen-bond donors (Lipinski definition) is 2. The van der Waals surface area contributed by atoms with Crippen LogP contribution in [0.3, 0.4) is 0 Å². The predicted molar refractivity (Wildman–Crippen MR) is 88.6 cm³/mol. The first-order chi connectivity index (χ1) is 10.0. The largest absolute Gasteiger partial charge is 0.385 e. The molecule has 0 unspecified atom stereocenters. The molecular formula is C16H22ClN3O2. The van der Waals surface area contributed by atoms with Gasteiger partial charge in [-0.15, -0.1) is 12.4 Å². The van der Waals surface area contributed by atoms with Crippen LogP contribution in [0.25, 0.3) is 0 Å². The van der Waals surface area contributed by atoms with Crippen LogP contribution in [-0.2, 0) is 11.2 Å². The van der Waals surface area contributed by atoms with Crippen molar-refractivity contribution < 1.29 is 9.59 Å². The molecule has 1 fully saturated rings. The lowest BCUT2D eigenvalue weighted by molar-refractivity contribution is -0.133. The van der Waals surface area contributed by atoms with Gasteiger partial charge in [0.1, 0.15) is 5.54 Å². The van der Waals surface area contributed by atoms with E-state index in [1.807, 2.05) is 18.2 Å². The Hall–Kier alpha value is -1.75. The first-order valence-corrected chi connectivity index (χ1v) is 7.48. The number of nitrogens with one attached hydrogen (secondary N) is 2. The Bertz CT molecular complexity index is 601. The summed E-state index contributed by atoms with van der Waals surface area (Å²) >= 11 is 0. The number of rotatable bonds is 1. The molecule has 0 radical (unpaired) electrons. The number of halogens is 1. The van der Waals surface area contributed by atoms with Gasteiger partial charge in [-0.3, -0.25) is 9.59 Å². The Morgan fingerprint density at radius 1 is 1.23 bits per heavy atom. The van der Waals surface area contributed by atoms with Crippen LogP contribution in [0.1, 0.15) is 36.2 Å². The number of hydrogen-bond acceptors (Lipinski definition) is 3. The van der Waals surface area contributed by atoms with Gasteiger partial charge in [-0.2, -0.15) is 0 Å². The Kier molecular flexibility index (Phi) is 4.66. The van der Waals surface area contributed by atoms with Crippen LogP contribution < -0.4 is 10.6 Å². The fraction of sp³-hybridized carbons (Fsp3) is 0.500. The minimum atomic E-state index is -0.805. The van der Waals surface area contributed by atoms with Gasteiger partial charge in [0.25, 0.3) is 5.91 Å². The summed E-state index contributed by atoms with van der Waals surface area (Å²) in [6, 6.07) is 5.79. The maximum Gasteiger partial charge on any atom is 0.255 e. The second kappa shape index (κ2) is 6.16. The van der Waals surface area contributed by atoms with Crippen LogP contribution in [0.4, 0.5) is 5.69 Å². The van der Waals surface area contributed by atoms with Gasteiger partial charge >= 0.3 is 0 Å². The van der Waals surface area contributed by atoms with E-state index in [1.54, 1.807) is 18.7 Å². The van der Waals surface area contributed by atoms with E-state index in [4.69, 9.17) is 0 Å². The summed E-state index contributed by atoms with van der Waals surface area (Å²) in [6.45, 7) is 5.61. The maximum atomic E-state index is 13.0. The number of carbonyl (C=O) groups excluding carboxylic acids is 2. The van der Waals surface area contributed by atoms with Gasteiger partial charge in [-0.25, -0.2) is 0 Å². The molecule has 120 valence electrons. The average Bonchev–Trinajstić information content (AvgIpc) is 2.49. The molecule has 5 nitrogen and oxygen atoms in total. The Labute approximate surface area is 136 Å². The zero-order chi connectivity index (χ0) is 15.0. The molecule has 2 aliphatic heterocycles. The monoisotopic (exact) mass is 323 g/mol. The lowest BCUT2D eigenvalue weighted by atomic mass is 9.93. The zero-order valence-electron chi connectivity index (χ0n) is 12.9. The molecule has 2 N–H and O–H groups in total. The number of nitrogens with zero attached hydrogens (tertiary/aromatic N) is 1. The smallest absolute Gasteiger partial charge is 0.255 e. The summed E-state index contributed by atoms with van der Waals surface area (Å²) in [5.74, 6) is -0.138. The third-order valence-electron chi connectivity index (χ3n) is 4.42. The molecule has 1 aromatic rings. The summed E-state index contributed by atoms with van der Waals surface area (Å²) in [5, 5.41) is 6.17. The molecule has 22 heavy (non-hydrogen) atoms. The molecule has 1 aromatic carbocycles. The summed E-state index contributed by atoms with van der Waals surface area (Å²) < 4.78 is 0. The van der Waals surface area contributed by atoms with Crippen LogP contribution >= 0.6 is 12.4 Å². The second-order valence-corrected chi connectivity index (χ2v) is 6.13. The Morgan fingerprint density at radius 2 is 2.00 bits per heavy atom. The van der Waals surface area contributed by atoms with Crippen molar-refractivity contribution in [2.75, 3.05) is 25.0 Å². The topological polar surface area (TPSA) is 61.4 Å². The van der Waals surface area contributed by atoms with Gasteiger partial charge in [-0.05, 0) is 44.4 Å². The first kappa shape index (κ1) is 16.6. The molecule has 0 bridgehead atoms. The summed E-state index contributed by atoms with van der Waals surface area (Å²) in [7, 11) is 0. The maximum absolute atomic E-state index is 13.0. The third kappa shape index (κ3) is 2.65. The number of anilines is 1.